The Morgan fingerprint density at radius 1 is 1.24 bits per heavy atom. The summed E-state index contributed by atoms with van der Waals surface area (Å²) in [7, 11) is 0. The van der Waals surface area contributed by atoms with E-state index in [9.17, 15) is 0 Å². The van der Waals surface area contributed by atoms with Crippen LogP contribution < -0.4 is 0 Å². The Labute approximate surface area is 122 Å². The number of hydrogen-bond donors (Lipinski definition) is 0. The van der Waals surface area contributed by atoms with Crippen LogP contribution in [0.4, 0.5) is 0 Å². The van der Waals surface area contributed by atoms with Crippen molar-refractivity contribution in [2.45, 2.75) is 57.5 Å². The van der Waals surface area contributed by atoms with Gasteiger partial charge in [-0.15, -0.1) is 0 Å². The van der Waals surface area contributed by atoms with Gasteiger partial charge < -0.3 is 14.2 Å². The fourth-order valence-corrected chi connectivity index (χ4v) is 3.18. The second-order valence-electron chi connectivity index (χ2n) is 5.92. The number of rotatable bonds is 2. The van der Waals surface area contributed by atoms with E-state index in [1.165, 1.54) is 6.33 Å². The molecule has 2 aromatic heterocycles. The van der Waals surface area contributed by atoms with Gasteiger partial charge in [-0.05, 0) is 20.3 Å². The third-order valence-corrected chi connectivity index (χ3v) is 4.04. The fraction of sp³-hybridized carbons (Fsp3) is 0.643. The van der Waals surface area contributed by atoms with E-state index < -0.39 is 5.79 Å². The first-order valence-corrected chi connectivity index (χ1v) is 7.23. The number of nitrogens with zero attached hydrogens (tertiary/aromatic N) is 4. The molecule has 21 heavy (non-hydrogen) atoms. The molecule has 2 saturated heterocycles. The predicted octanol–water partition coefficient (Wildman–Crippen LogP) is 1.65. The predicted molar refractivity (Wildman–Crippen MR) is 73.3 cm³/mol. The van der Waals surface area contributed by atoms with Crippen molar-refractivity contribution in [3.8, 4) is 0 Å². The highest BCUT2D eigenvalue weighted by Gasteiger charge is 2.55. The first kappa shape index (κ1) is 13.1. The van der Waals surface area contributed by atoms with Crippen molar-refractivity contribution in [2.75, 3.05) is 0 Å². The molecule has 2 aromatic rings. The first-order chi connectivity index (χ1) is 10.1. The maximum atomic E-state index is 6.14. The third-order valence-electron chi connectivity index (χ3n) is 4.04. The smallest absolute Gasteiger partial charge is 0.166 e. The SMILES string of the molecule is CC[C@H]1O[C@@H](n2cnc3cncnc32)[C@H]2OC(C)(C)OC12. The molecule has 112 valence electrons. The van der Waals surface area contributed by atoms with Crippen LogP contribution in [-0.4, -0.2) is 43.6 Å². The summed E-state index contributed by atoms with van der Waals surface area (Å²) in [5.74, 6) is -0.587. The molecule has 0 spiro atoms. The number of hydrogen-bond acceptors (Lipinski definition) is 6. The summed E-state index contributed by atoms with van der Waals surface area (Å²) in [4.78, 5) is 12.6. The summed E-state index contributed by atoms with van der Waals surface area (Å²) >= 11 is 0. The van der Waals surface area contributed by atoms with Crippen LogP contribution in [0.3, 0.4) is 0 Å². The summed E-state index contributed by atoms with van der Waals surface area (Å²) in [6.45, 7) is 5.96. The Balaban J connectivity index is 1.75. The average Bonchev–Trinajstić information content (AvgIpc) is 3.09. The Bertz CT molecular complexity index is 671. The Kier molecular flexibility index (Phi) is 2.79. The van der Waals surface area contributed by atoms with Crippen molar-refractivity contribution in [3.63, 3.8) is 0 Å². The lowest BCUT2D eigenvalue weighted by molar-refractivity contribution is -0.196. The van der Waals surface area contributed by atoms with Crippen molar-refractivity contribution in [1.82, 2.24) is 19.5 Å². The van der Waals surface area contributed by atoms with Crippen molar-refractivity contribution < 1.29 is 14.2 Å². The molecule has 0 saturated carbocycles. The van der Waals surface area contributed by atoms with E-state index in [1.54, 1.807) is 12.5 Å². The molecule has 0 bridgehead atoms. The molecule has 1 unspecified atom stereocenters. The zero-order valence-corrected chi connectivity index (χ0v) is 12.3. The van der Waals surface area contributed by atoms with Gasteiger partial charge in [0.2, 0.25) is 0 Å². The lowest BCUT2D eigenvalue weighted by atomic mass is 10.1. The zero-order valence-electron chi connectivity index (χ0n) is 12.3. The molecule has 0 radical (unpaired) electrons. The van der Waals surface area contributed by atoms with Crippen LogP contribution in [0, 0.1) is 0 Å². The van der Waals surface area contributed by atoms with Gasteiger partial charge in [0.25, 0.3) is 0 Å². The van der Waals surface area contributed by atoms with Crippen molar-refractivity contribution in [1.29, 1.82) is 0 Å². The highest BCUT2D eigenvalue weighted by molar-refractivity contribution is 5.69. The molecule has 7 heteroatoms. The van der Waals surface area contributed by atoms with Crippen LogP contribution in [0.15, 0.2) is 18.9 Å². The molecule has 2 fully saturated rings. The molecule has 2 aliphatic rings. The molecular weight excluding hydrogens is 272 g/mol. The van der Waals surface area contributed by atoms with Gasteiger partial charge in [-0.1, -0.05) is 6.92 Å². The maximum Gasteiger partial charge on any atom is 0.166 e. The summed E-state index contributed by atoms with van der Waals surface area (Å²) in [5, 5.41) is 0. The van der Waals surface area contributed by atoms with Gasteiger partial charge in [0.15, 0.2) is 17.7 Å². The number of imidazole rings is 1. The molecule has 0 amide bonds. The minimum absolute atomic E-state index is 0.0149. The van der Waals surface area contributed by atoms with Gasteiger partial charge >= 0.3 is 0 Å². The summed E-state index contributed by atoms with van der Waals surface area (Å²) < 4.78 is 20.1. The van der Waals surface area contributed by atoms with Crippen molar-refractivity contribution in [3.05, 3.63) is 18.9 Å². The molecule has 4 heterocycles. The lowest BCUT2D eigenvalue weighted by Gasteiger charge is -2.24. The molecule has 2 aliphatic heterocycles. The van der Waals surface area contributed by atoms with E-state index in [1.807, 2.05) is 18.4 Å². The molecule has 7 nitrogen and oxygen atoms in total. The van der Waals surface area contributed by atoms with E-state index in [2.05, 4.69) is 21.9 Å². The fourth-order valence-electron chi connectivity index (χ4n) is 3.18. The summed E-state index contributed by atoms with van der Waals surface area (Å²) in [5.41, 5.74) is 1.49. The second-order valence-corrected chi connectivity index (χ2v) is 5.92. The van der Waals surface area contributed by atoms with Gasteiger partial charge in [0, 0.05) is 0 Å². The molecule has 0 N–H and O–H groups in total. The number of aromatic nitrogens is 4. The number of ether oxygens (including phenoxy) is 3. The van der Waals surface area contributed by atoms with Crippen molar-refractivity contribution >= 4 is 11.2 Å². The van der Waals surface area contributed by atoms with Crippen LogP contribution in [0.1, 0.15) is 33.4 Å². The van der Waals surface area contributed by atoms with Crippen LogP contribution in [0.25, 0.3) is 11.2 Å². The van der Waals surface area contributed by atoms with E-state index in [4.69, 9.17) is 14.2 Å². The standard InChI is InChI=1S/C14H18N4O3/c1-4-9-10-11(21-14(2,3)20-10)13(19-9)18-7-17-8-5-15-6-16-12(8)18/h5-7,9-11,13H,4H2,1-3H3/t9-,10?,11+,13-/m1/s1. The van der Waals surface area contributed by atoms with Gasteiger partial charge in [-0.3, -0.25) is 4.57 Å². The lowest BCUT2D eigenvalue weighted by Crippen LogP contribution is -2.28. The first-order valence-electron chi connectivity index (χ1n) is 7.23. The van der Waals surface area contributed by atoms with E-state index >= 15 is 0 Å². The molecule has 4 atom stereocenters. The molecule has 0 aromatic carbocycles. The molecular formula is C14H18N4O3. The van der Waals surface area contributed by atoms with Gasteiger partial charge in [0.05, 0.1) is 18.6 Å². The highest BCUT2D eigenvalue weighted by atomic mass is 16.8. The van der Waals surface area contributed by atoms with E-state index in [0.29, 0.717) is 0 Å². The number of fused-ring (bicyclic) bond motifs is 2. The Hall–Kier alpha value is -1.57. The maximum absolute atomic E-state index is 6.14. The van der Waals surface area contributed by atoms with Crippen LogP contribution in [0.2, 0.25) is 0 Å². The zero-order chi connectivity index (χ0) is 14.6. The summed E-state index contributed by atoms with van der Waals surface area (Å²) in [6, 6.07) is 0. The normalized spacial score (nSPS) is 34.4. The quantitative estimate of drug-likeness (QED) is 0.837. The minimum atomic E-state index is -0.587. The van der Waals surface area contributed by atoms with Gasteiger partial charge in [-0.25, -0.2) is 15.0 Å². The average molecular weight is 290 g/mol. The van der Waals surface area contributed by atoms with Crippen molar-refractivity contribution in [2.24, 2.45) is 0 Å². The Morgan fingerprint density at radius 3 is 2.86 bits per heavy atom. The summed E-state index contributed by atoms with van der Waals surface area (Å²) in [6.07, 6.45) is 5.33. The largest absolute Gasteiger partial charge is 0.349 e. The highest BCUT2D eigenvalue weighted by Crippen LogP contribution is 2.44. The Morgan fingerprint density at radius 2 is 2.05 bits per heavy atom. The van der Waals surface area contributed by atoms with Crippen LogP contribution in [-0.2, 0) is 14.2 Å². The third kappa shape index (κ3) is 1.96. The minimum Gasteiger partial charge on any atom is -0.349 e. The van der Waals surface area contributed by atoms with Gasteiger partial charge in [-0.2, -0.15) is 0 Å². The van der Waals surface area contributed by atoms with Gasteiger partial charge in [0.1, 0.15) is 24.1 Å². The van der Waals surface area contributed by atoms with Crippen LogP contribution in [0.5, 0.6) is 0 Å². The topological polar surface area (TPSA) is 71.3 Å². The second kappa shape index (κ2) is 4.46. The monoisotopic (exact) mass is 290 g/mol. The van der Waals surface area contributed by atoms with Crippen LogP contribution >= 0.6 is 0 Å². The van der Waals surface area contributed by atoms with E-state index in [0.717, 1.165) is 17.6 Å². The molecule has 0 aliphatic carbocycles. The van der Waals surface area contributed by atoms with E-state index in [-0.39, 0.29) is 24.5 Å². The molecule has 4 rings (SSSR count).